The summed E-state index contributed by atoms with van der Waals surface area (Å²) in [5.41, 5.74) is 9.48. The Hall–Kier alpha value is -1.91. The summed E-state index contributed by atoms with van der Waals surface area (Å²) in [6.45, 7) is 5.40. The lowest BCUT2D eigenvalue weighted by molar-refractivity contribution is 0.323. The van der Waals surface area contributed by atoms with Crippen molar-refractivity contribution in [3.8, 4) is 5.75 Å². The number of anilines is 2. The highest BCUT2D eigenvalue weighted by Crippen LogP contribution is 2.36. The largest absolute Gasteiger partial charge is 0.490 e. The van der Waals surface area contributed by atoms with E-state index in [1.165, 1.54) is 5.56 Å². The second-order valence-corrected chi connectivity index (χ2v) is 4.89. The second kappa shape index (κ2) is 4.99. The van der Waals surface area contributed by atoms with Crippen molar-refractivity contribution in [3.63, 3.8) is 0 Å². The molecule has 1 aromatic rings. The Morgan fingerprint density at radius 2 is 2.37 bits per heavy atom. The number of ether oxygens (including phenoxy) is 1. The molecule has 0 aromatic heterocycles. The molecule has 5 nitrogen and oxygen atoms in total. The van der Waals surface area contributed by atoms with Crippen LogP contribution in [-0.2, 0) is 6.42 Å². The second-order valence-electron chi connectivity index (χ2n) is 4.89. The standard InChI is InChI=1S/C14H20N4O/c1-2-3-10-8-13-11(16-5-7-19-13)9-12(10)18-6-4-17-14(18)15/h8-9,16H,2-7H2,1H3,(H2,15,17). The molecule has 0 spiro atoms. The van der Waals surface area contributed by atoms with E-state index in [0.717, 1.165) is 56.2 Å². The summed E-state index contributed by atoms with van der Waals surface area (Å²) >= 11 is 0. The van der Waals surface area contributed by atoms with E-state index in [2.05, 4.69) is 34.3 Å². The topological polar surface area (TPSA) is 62.9 Å². The number of guanidine groups is 1. The molecule has 0 bridgehead atoms. The Labute approximate surface area is 113 Å². The zero-order valence-electron chi connectivity index (χ0n) is 11.3. The molecule has 0 radical (unpaired) electrons. The predicted octanol–water partition coefficient (Wildman–Crippen LogP) is 1.58. The van der Waals surface area contributed by atoms with Crippen molar-refractivity contribution in [2.24, 2.45) is 10.7 Å². The maximum atomic E-state index is 5.98. The summed E-state index contributed by atoms with van der Waals surface area (Å²) in [6, 6.07) is 4.29. The van der Waals surface area contributed by atoms with Gasteiger partial charge in [0.2, 0.25) is 0 Å². The number of aliphatic imine (C=N–C) groups is 1. The highest BCUT2D eigenvalue weighted by atomic mass is 16.5. The molecule has 2 aliphatic rings. The van der Waals surface area contributed by atoms with Crippen LogP contribution in [0.5, 0.6) is 5.75 Å². The number of nitrogens with zero attached hydrogens (tertiary/aromatic N) is 2. The lowest BCUT2D eigenvalue weighted by atomic mass is 10.0. The van der Waals surface area contributed by atoms with E-state index in [4.69, 9.17) is 10.5 Å². The number of rotatable bonds is 3. The number of hydrogen-bond donors (Lipinski definition) is 2. The average Bonchev–Trinajstić information content (AvgIpc) is 2.84. The van der Waals surface area contributed by atoms with Crippen molar-refractivity contribution < 1.29 is 4.74 Å². The molecule has 0 atom stereocenters. The molecule has 102 valence electrons. The van der Waals surface area contributed by atoms with Gasteiger partial charge in [0.1, 0.15) is 12.4 Å². The molecule has 0 unspecified atom stereocenters. The number of fused-ring (bicyclic) bond motifs is 1. The zero-order valence-corrected chi connectivity index (χ0v) is 11.3. The molecule has 2 heterocycles. The normalized spacial score (nSPS) is 17.5. The molecule has 5 heteroatoms. The van der Waals surface area contributed by atoms with Gasteiger partial charge >= 0.3 is 0 Å². The number of nitrogens with two attached hydrogens (primary N) is 1. The van der Waals surface area contributed by atoms with Crippen molar-refractivity contribution in [3.05, 3.63) is 17.7 Å². The van der Waals surface area contributed by atoms with E-state index in [0.29, 0.717) is 5.96 Å². The highest BCUT2D eigenvalue weighted by Gasteiger charge is 2.21. The van der Waals surface area contributed by atoms with Gasteiger partial charge in [0.25, 0.3) is 0 Å². The van der Waals surface area contributed by atoms with E-state index in [1.54, 1.807) is 0 Å². The van der Waals surface area contributed by atoms with E-state index in [-0.39, 0.29) is 0 Å². The average molecular weight is 260 g/mol. The van der Waals surface area contributed by atoms with Gasteiger partial charge in [-0.2, -0.15) is 0 Å². The summed E-state index contributed by atoms with van der Waals surface area (Å²) in [7, 11) is 0. The van der Waals surface area contributed by atoms with Crippen LogP contribution < -0.4 is 20.7 Å². The lowest BCUT2D eigenvalue weighted by Gasteiger charge is -2.26. The number of aryl methyl sites for hydroxylation is 1. The molecule has 0 saturated heterocycles. The van der Waals surface area contributed by atoms with Crippen LogP contribution in [0.25, 0.3) is 0 Å². The van der Waals surface area contributed by atoms with Crippen LogP contribution in [0.2, 0.25) is 0 Å². The van der Waals surface area contributed by atoms with Crippen molar-refractivity contribution in [1.29, 1.82) is 0 Å². The van der Waals surface area contributed by atoms with E-state index < -0.39 is 0 Å². The third-order valence-corrected chi connectivity index (χ3v) is 3.54. The molecular formula is C14H20N4O. The van der Waals surface area contributed by atoms with Gasteiger partial charge in [-0.3, -0.25) is 4.99 Å². The zero-order chi connectivity index (χ0) is 13.2. The van der Waals surface area contributed by atoms with Crippen molar-refractivity contribution in [1.82, 2.24) is 0 Å². The summed E-state index contributed by atoms with van der Waals surface area (Å²) < 4.78 is 5.71. The van der Waals surface area contributed by atoms with Crippen LogP contribution >= 0.6 is 0 Å². The van der Waals surface area contributed by atoms with Gasteiger partial charge in [0.15, 0.2) is 5.96 Å². The molecule has 3 N–H and O–H groups in total. The third-order valence-electron chi connectivity index (χ3n) is 3.54. The molecule has 19 heavy (non-hydrogen) atoms. The van der Waals surface area contributed by atoms with Gasteiger partial charge in [-0.05, 0) is 24.1 Å². The molecule has 0 amide bonds. The Morgan fingerprint density at radius 1 is 1.47 bits per heavy atom. The van der Waals surface area contributed by atoms with E-state index in [1.807, 2.05) is 0 Å². The predicted molar refractivity (Wildman–Crippen MR) is 78.3 cm³/mol. The molecule has 0 fully saturated rings. The van der Waals surface area contributed by atoms with Crippen LogP contribution in [-0.4, -0.2) is 32.2 Å². The summed E-state index contributed by atoms with van der Waals surface area (Å²) in [4.78, 5) is 6.37. The van der Waals surface area contributed by atoms with Gasteiger partial charge < -0.3 is 20.7 Å². The fraction of sp³-hybridized carbons (Fsp3) is 0.500. The van der Waals surface area contributed by atoms with Gasteiger partial charge in [-0.1, -0.05) is 13.3 Å². The molecule has 2 aliphatic heterocycles. The Bertz CT molecular complexity index is 512. The van der Waals surface area contributed by atoms with Gasteiger partial charge in [0, 0.05) is 18.8 Å². The Morgan fingerprint density at radius 3 is 3.11 bits per heavy atom. The first kappa shape index (κ1) is 12.1. The number of benzene rings is 1. The molecule has 3 rings (SSSR count). The fourth-order valence-corrected chi connectivity index (χ4v) is 2.64. The lowest BCUT2D eigenvalue weighted by Crippen LogP contribution is -2.34. The van der Waals surface area contributed by atoms with Crippen LogP contribution in [0.15, 0.2) is 17.1 Å². The van der Waals surface area contributed by atoms with Gasteiger partial charge in [-0.25, -0.2) is 0 Å². The first-order valence-corrected chi connectivity index (χ1v) is 6.90. The van der Waals surface area contributed by atoms with E-state index >= 15 is 0 Å². The van der Waals surface area contributed by atoms with Gasteiger partial charge in [-0.15, -0.1) is 0 Å². The Kier molecular flexibility index (Phi) is 3.19. The summed E-state index contributed by atoms with van der Waals surface area (Å²) in [5, 5.41) is 3.38. The van der Waals surface area contributed by atoms with Crippen molar-refractivity contribution in [2.75, 3.05) is 36.5 Å². The fourth-order valence-electron chi connectivity index (χ4n) is 2.64. The van der Waals surface area contributed by atoms with Gasteiger partial charge in [0.05, 0.1) is 12.2 Å². The summed E-state index contributed by atoms with van der Waals surface area (Å²) in [5.74, 6) is 1.57. The minimum absolute atomic E-state index is 0.619. The number of hydrogen-bond acceptors (Lipinski definition) is 5. The molecule has 0 aliphatic carbocycles. The Balaban J connectivity index is 2.03. The number of nitrogens with one attached hydrogen (secondary N) is 1. The first-order chi connectivity index (χ1) is 9.29. The van der Waals surface area contributed by atoms with Crippen LogP contribution in [0.3, 0.4) is 0 Å². The summed E-state index contributed by atoms with van der Waals surface area (Å²) in [6.07, 6.45) is 2.12. The first-order valence-electron chi connectivity index (χ1n) is 6.90. The monoisotopic (exact) mass is 260 g/mol. The molecule has 0 saturated carbocycles. The third kappa shape index (κ3) is 2.20. The van der Waals surface area contributed by atoms with Crippen LogP contribution in [0.1, 0.15) is 18.9 Å². The van der Waals surface area contributed by atoms with Crippen LogP contribution in [0.4, 0.5) is 11.4 Å². The minimum Gasteiger partial charge on any atom is -0.490 e. The van der Waals surface area contributed by atoms with Crippen molar-refractivity contribution >= 4 is 17.3 Å². The minimum atomic E-state index is 0.619. The smallest absolute Gasteiger partial charge is 0.195 e. The molecular weight excluding hydrogens is 240 g/mol. The maximum absolute atomic E-state index is 5.98. The molecule has 1 aromatic carbocycles. The SMILES string of the molecule is CCCc1cc2c(cc1N1CCN=C1N)NCCO2. The van der Waals surface area contributed by atoms with Crippen molar-refractivity contribution in [2.45, 2.75) is 19.8 Å². The highest BCUT2D eigenvalue weighted by molar-refractivity contribution is 5.98. The van der Waals surface area contributed by atoms with E-state index in [9.17, 15) is 0 Å². The maximum Gasteiger partial charge on any atom is 0.195 e. The van der Waals surface area contributed by atoms with Crippen LogP contribution in [0, 0.1) is 0 Å². The quantitative estimate of drug-likeness (QED) is 0.866.